The number of fused-ring (bicyclic) bond motifs is 1. The minimum Gasteiger partial charge on any atom is -0.486 e. The average molecular weight is 383 g/mol. The van der Waals surface area contributed by atoms with Gasteiger partial charge < -0.3 is 14.8 Å². The molecular formula is C15H17N3O5S2. The Balaban J connectivity index is 1.71. The minimum absolute atomic E-state index is 0.0390. The number of rotatable bonds is 5. The van der Waals surface area contributed by atoms with Crippen molar-refractivity contribution in [3.05, 3.63) is 29.3 Å². The van der Waals surface area contributed by atoms with Crippen LogP contribution in [0.25, 0.3) is 0 Å². The van der Waals surface area contributed by atoms with Crippen LogP contribution in [0.3, 0.4) is 0 Å². The van der Waals surface area contributed by atoms with Gasteiger partial charge in [-0.25, -0.2) is 13.4 Å². The molecule has 0 radical (unpaired) electrons. The van der Waals surface area contributed by atoms with Gasteiger partial charge >= 0.3 is 0 Å². The third kappa shape index (κ3) is 3.91. The fourth-order valence-corrected chi connectivity index (χ4v) is 4.07. The smallest absolute Gasteiger partial charge is 0.243 e. The van der Waals surface area contributed by atoms with Crippen molar-refractivity contribution >= 4 is 32.4 Å². The summed E-state index contributed by atoms with van der Waals surface area (Å²) in [6.45, 7) is 2.28. The van der Waals surface area contributed by atoms with Crippen molar-refractivity contribution in [1.29, 1.82) is 0 Å². The molecule has 134 valence electrons. The Morgan fingerprint density at radius 3 is 2.72 bits per heavy atom. The first-order valence-electron chi connectivity index (χ1n) is 7.44. The summed E-state index contributed by atoms with van der Waals surface area (Å²) in [5.41, 5.74) is 0.789. The van der Waals surface area contributed by atoms with Crippen LogP contribution in [0.4, 0.5) is 5.13 Å². The van der Waals surface area contributed by atoms with Crippen LogP contribution in [-0.2, 0) is 14.8 Å². The maximum absolute atomic E-state index is 12.6. The van der Waals surface area contributed by atoms with Gasteiger partial charge in [0.25, 0.3) is 0 Å². The van der Waals surface area contributed by atoms with E-state index < -0.39 is 15.9 Å². The molecule has 2 aromatic rings. The summed E-state index contributed by atoms with van der Waals surface area (Å²) >= 11 is 1.28. The Morgan fingerprint density at radius 1 is 1.32 bits per heavy atom. The number of nitrogens with zero attached hydrogens (tertiary/aromatic N) is 2. The molecule has 1 aliphatic rings. The van der Waals surface area contributed by atoms with E-state index in [2.05, 4.69) is 10.3 Å². The Kier molecular flexibility index (Phi) is 4.93. The monoisotopic (exact) mass is 383 g/mol. The normalized spacial score (nSPS) is 13.7. The molecule has 0 fully saturated rings. The highest BCUT2D eigenvalue weighted by Crippen LogP contribution is 2.32. The lowest BCUT2D eigenvalue weighted by Crippen LogP contribution is -2.35. The van der Waals surface area contributed by atoms with Crippen molar-refractivity contribution in [2.45, 2.75) is 11.8 Å². The molecule has 3 rings (SSSR count). The lowest BCUT2D eigenvalue weighted by molar-refractivity contribution is -0.116. The molecule has 0 spiro atoms. The number of hydrogen-bond acceptors (Lipinski definition) is 7. The summed E-state index contributed by atoms with van der Waals surface area (Å²) in [7, 11) is -2.49. The van der Waals surface area contributed by atoms with Crippen LogP contribution in [0.2, 0.25) is 0 Å². The Labute approximate surface area is 149 Å². The number of benzene rings is 1. The molecule has 1 aromatic carbocycles. The van der Waals surface area contributed by atoms with Gasteiger partial charge in [0.05, 0.1) is 17.1 Å². The van der Waals surface area contributed by atoms with E-state index in [1.165, 1.54) is 30.5 Å². The summed E-state index contributed by atoms with van der Waals surface area (Å²) in [4.78, 5) is 16.2. The third-order valence-corrected chi connectivity index (χ3v) is 6.13. The number of carbonyl (C=O) groups excluding carboxylic acids is 1. The quantitative estimate of drug-likeness (QED) is 0.840. The van der Waals surface area contributed by atoms with Crippen LogP contribution in [0.5, 0.6) is 11.5 Å². The number of carbonyl (C=O) groups is 1. The summed E-state index contributed by atoms with van der Waals surface area (Å²) in [6.07, 6.45) is 0. The van der Waals surface area contributed by atoms with Gasteiger partial charge in [-0.3, -0.25) is 4.79 Å². The number of nitrogens with one attached hydrogen (secondary N) is 1. The zero-order valence-corrected chi connectivity index (χ0v) is 15.3. The Bertz CT molecular complexity index is 894. The molecule has 0 bridgehead atoms. The second kappa shape index (κ2) is 6.98. The number of amides is 1. The first kappa shape index (κ1) is 17.6. The van der Waals surface area contributed by atoms with Crippen molar-refractivity contribution < 1.29 is 22.7 Å². The van der Waals surface area contributed by atoms with E-state index in [1.54, 1.807) is 11.4 Å². The lowest BCUT2D eigenvalue weighted by atomic mass is 10.3. The first-order chi connectivity index (χ1) is 11.9. The van der Waals surface area contributed by atoms with Crippen molar-refractivity contribution in [2.75, 3.05) is 32.1 Å². The zero-order chi connectivity index (χ0) is 18.0. The molecule has 10 heteroatoms. The molecule has 2 heterocycles. The molecule has 1 aromatic heterocycles. The van der Waals surface area contributed by atoms with Gasteiger partial charge in [0.2, 0.25) is 15.9 Å². The van der Waals surface area contributed by atoms with Crippen molar-refractivity contribution in [3.8, 4) is 11.5 Å². The minimum atomic E-state index is -3.83. The van der Waals surface area contributed by atoms with E-state index in [-0.39, 0.29) is 11.4 Å². The lowest BCUT2D eigenvalue weighted by Gasteiger charge is -2.21. The SMILES string of the molecule is Cc1csc(NC(=O)CN(C)S(=O)(=O)c2ccc3c(c2)OCCO3)n1. The second-order valence-electron chi connectivity index (χ2n) is 5.41. The Hall–Kier alpha value is -2.17. The number of aryl methyl sites for hydroxylation is 1. The molecule has 0 aliphatic carbocycles. The van der Waals surface area contributed by atoms with E-state index in [9.17, 15) is 13.2 Å². The number of likely N-dealkylation sites (N-methyl/N-ethyl adjacent to an activating group) is 1. The van der Waals surface area contributed by atoms with E-state index in [0.29, 0.717) is 29.8 Å². The molecule has 25 heavy (non-hydrogen) atoms. The predicted octanol–water partition coefficient (Wildman–Crippen LogP) is 1.48. The van der Waals surface area contributed by atoms with Crippen LogP contribution < -0.4 is 14.8 Å². The van der Waals surface area contributed by atoms with E-state index in [4.69, 9.17) is 9.47 Å². The fourth-order valence-electron chi connectivity index (χ4n) is 2.22. The highest BCUT2D eigenvalue weighted by Gasteiger charge is 2.25. The second-order valence-corrected chi connectivity index (χ2v) is 8.31. The molecular weight excluding hydrogens is 366 g/mol. The van der Waals surface area contributed by atoms with Gasteiger partial charge in [0, 0.05) is 18.5 Å². The maximum Gasteiger partial charge on any atom is 0.243 e. The zero-order valence-electron chi connectivity index (χ0n) is 13.7. The van der Waals surface area contributed by atoms with Gasteiger partial charge in [0.1, 0.15) is 13.2 Å². The molecule has 0 saturated carbocycles. The number of hydrogen-bond donors (Lipinski definition) is 1. The maximum atomic E-state index is 12.6. The molecule has 1 N–H and O–H groups in total. The number of thiazole rings is 1. The van der Waals surface area contributed by atoms with Gasteiger partial charge in [-0.15, -0.1) is 11.3 Å². The van der Waals surface area contributed by atoms with Crippen LogP contribution in [0, 0.1) is 6.92 Å². The van der Waals surface area contributed by atoms with Crippen molar-refractivity contribution in [3.63, 3.8) is 0 Å². The van der Waals surface area contributed by atoms with E-state index in [0.717, 1.165) is 10.00 Å². The van der Waals surface area contributed by atoms with Gasteiger partial charge in [-0.05, 0) is 19.1 Å². The van der Waals surface area contributed by atoms with Crippen LogP contribution >= 0.6 is 11.3 Å². The summed E-state index contributed by atoms with van der Waals surface area (Å²) < 4.78 is 37.1. The van der Waals surface area contributed by atoms with Crippen LogP contribution in [0.15, 0.2) is 28.5 Å². The molecule has 0 atom stereocenters. The van der Waals surface area contributed by atoms with Crippen LogP contribution in [0.1, 0.15) is 5.69 Å². The Morgan fingerprint density at radius 2 is 2.04 bits per heavy atom. The standard InChI is InChI=1S/C15H17N3O5S2/c1-10-9-24-15(16-10)17-14(19)8-18(2)25(20,21)11-3-4-12-13(7-11)23-6-5-22-12/h3-4,7,9H,5-6,8H2,1-2H3,(H,16,17,19). The molecule has 1 aliphatic heterocycles. The topological polar surface area (TPSA) is 97.8 Å². The molecule has 8 nitrogen and oxygen atoms in total. The number of anilines is 1. The van der Waals surface area contributed by atoms with Crippen molar-refractivity contribution in [2.24, 2.45) is 0 Å². The number of ether oxygens (including phenoxy) is 2. The van der Waals surface area contributed by atoms with E-state index >= 15 is 0 Å². The molecule has 0 unspecified atom stereocenters. The number of aromatic nitrogens is 1. The van der Waals surface area contributed by atoms with Gasteiger partial charge in [-0.1, -0.05) is 0 Å². The summed E-state index contributed by atoms with van der Waals surface area (Å²) in [5.74, 6) is 0.422. The summed E-state index contributed by atoms with van der Waals surface area (Å²) in [5, 5.41) is 4.82. The average Bonchev–Trinajstić information content (AvgIpc) is 2.98. The predicted molar refractivity (Wildman–Crippen MR) is 92.7 cm³/mol. The van der Waals surface area contributed by atoms with Crippen molar-refractivity contribution in [1.82, 2.24) is 9.29 Å². The van der Waals surface area contributed by atoms with Gasteiger partial charge in [0.15, 0.2) is 16.6 Å². The van der Waals surface area contributed by atoms with E-state index in [1.807, 2.05) is 6.92 Å². The van der Waals surface area contributed by atoms with Gasteiger partial charge in [-0.2, -0.15) is 4.31 Å². The number of sulfonamides is 1. The highest BCUT2D eigenvalue weighted by atomic mass is 32.2. The highest BCUT2D eigenvalue weighted by molar-refractivity contribution is 7.89. The largest absolute Gasteiger partial charge is 0.486 e. The third-order valence-electron chi connectivity index (χ3n) is 3.45. The first-order valence-corrected chi connectivity index (χ1v) is 9.76. The molecule has 0 saturated heterocycles. The molecule has 1 amide bonds. The summed E-state index contributed by atoms with van der Waals surface area (Å²) in [6, 6.07) is 4.39. The fraction of sp³-hybridized carbons (Fsp3) is 0.333. The van der Waals surface area contributed by atoms with Crippen LogP contribution in [-0.4, -0.2) is 50.4 Å².